The third-order valence-electron chi connectivity index (χ3n) is 5.43. The molecule has 0 saturated heterocycles. The molecule has 3 rings (SSSR count). The van der Waals surface area contributed by atoms with Gasteiger partial charge in [-0.1, -0.05) is 18.2 Å². The van der Waals surface area contributed by atoms with Gasteiger partial charge in [-0.2, -0.15) is 4.37 Å². The zero-order valence-corrected chi connectivity index (χ0v) is 22.4. The lowest BCUT2D eigenvalue weighted by molar-refractivity contribution is -0.143. The van der Waals surface area contributed by atoms with Crippen molar-refractivity contribution in [3.63, 3.8) is 0 Å². The van der Waals surface area contributed by atoms with Crippen LogP contribution in [0.3, 0.4) is 0 Å². The molecule has 0 saturated carbocycles. The van der Waals surface area contributed by atoms with Crippen molar-refractivity contribution in [2.75, 3.05) is 37.5 Å². The van der Waals surface area contributed by atoms with Crippen LogP contribution in [0.15, 0.2) is 48.5 Å². The lowest BCUT2D eigenvalue weighted by Crippen LogP contribution is -2.45. The number of amides is 3. The molecule has 1 heterocycles. The highest BCUT2D eigenvalue weighted by Crippen LogP contribution is 2.35. The van der Waals surface area contributed by atoms with Crippen LogP contribution in [0.1, 0.15) is 45.6 Å². The molecule has 13 heteroatoms. The second kappa shape index (κ2) is 13.2. The number of nitrogens with zero attached hydrogens (tertiary/aromatic N) is 2. The molecule has 0 radical (unpaired) electrons. The molecule has 2 aromatic carbocycles. The fourth-order valence-corrected chi connectivity index (χ4v) is 4.42. The number of primary amides is 1. The van der Waals surface area contributed by atoms with Gasteiger partial charge in [0.1, 0.15) is 29.0 Å². The van der Waals surface area contributed by atoms with Crippen LogP contribution in [0.25, 0.3) is 0 Å². The number of methoxy groups -OCH3 is 1. The van der Waals surface area contributed by atoms with E-state index in [9.17, 15) is 19.2 Å². The van der Waals surface area contributed by atoms with Crippen LogP contribution in [0.5, 0.6) is 11.5 Å². The van der Waals surface area contributed by atoms with Crippen molar-refractivity contribution in [3.05, 3.63) is 64.7 Å². The van der Waals surface area contributed by atoms with Crippen LogP contribution in [-0.2, 0) is 14.3 Å². The second-order valence-electron chi connectivity index (χ2n) is 7.94. The van der Waals surface area contributed by atoms with Crippen molar-refractivity contribution in [2.24, 2.45) is 5.73 Å². The predicted molar refractivity (Wildman–Crippen MR) is 145 cm³/mol. The summed E-state index contributed by atoms with van der Waals surface area (Å²) in [6.07, 6.45) is 0. The van der Waals surface area contributed by atoms with Gasteiger partial charge in [0.05, 0.1) is 26.0 Å². The third kappa shape index (κ3) is 6.82. The highest BCUT2D eigenvalue weighted by Gasteiger charge is 2.36. The molecule has 12 nitrogen and oxygen atoms in total. The van der Waals surface area contributed by atoms with Crippen LogP contribution in [0.4, 0.5) is 11.4 Å². The van der Waals surface area contributed by atoms with E-state index in [1.54, 1.807) is 55.5 Å². The minimum atomic E-state index is -1.30. The first-order valence-corrected chi connectivity index (χ1v) is 12.7. The maximum absolute atomic E-state index is 14.1. The molecule has 39 heavy (non-hydrogen) atoms. The molecular formula is C26H29N5O7S. The summed E-state index contributed by atoms with van der Waals surface area (Å²) in [6, 6.07) is 11.8. The number of rotatable bonds is 12. The number of anilines is 2. The molecule has 0 spiro atoms. The van der Waals surface area contributed by atoms with E-state index >= 15 is 0 Å². The van der Waals surface area contributed by atoms with Gasteiger partial charge in [-0.15, -0.1) is 0 Å². The van der Waals surface area contributed by atoms with Gasteiger partial charge in [0.2, 0.25) is 5.91 Å². The number of hydrogen-bond donors (Lipinski definition) is 3. The average Bonchev–Trinajstić information content (AvgIpc) is 3.32. The van der Waals surface area contributed by atoms with Gasteiger partial charge in [-0.25, -0.2) is 0 Å². The van der Waals surface area contributed by atoms with E-state index in [0.29, 0.717) is 35.2 Å². The summed E-state index contributed by atoms with van der Waals surface area (Å²) in [4.78, 5) is 52.6. The highest BCUT2D eigenvalue weighted by atomic mass is 32.1. The normalized spacial score (nSPS) is 11.3. The zero-order chi connectivity index (χ0) is 28.5. The van der Waals surface area contributed by atoms with Gasteiger partial charge in [0, 0.05) is 11.8 Å². The molecule has 0 aliphatic carbocycles. The number of aromatic nitrogens is 1. The van der Waals surface area contributed by atoms with Crippen molar-refractivity contribution >= 4 is 46.6 Å². The summed E-state index contributed by atoms with van der Waals surface area (Å²) in [6.45, 7) is 3.63. The minimum absolute atomic E-state index is 0.0965. The lowest BCUT2D eigenvalue weighted by atomic mass is 10.0. The van der Waals surface area contributed by atoms with E-state index in [1.165, 1.54) is 12.0 Å². The summed E-state index contributed by atoms with van der Waals surface area (Å²) < 4.78 is 19.7. The number of nitrogen functional groups attached to an aromatic ring is 1. The second-order valence-corrected chi connectivity index (χ2v) is 8.72. The Morgan fingerprint density at radius 2 is 1.77 bits per heavy atom. The van der Waals surface area contributed by atoms with Crippen LogP contribution >= 0.6 is 11.5 Å². The molecule has 3 amide bonds. The molecule has 3 aromatic rings. The van der Waals surface area contributed by atoms with E-state index in [1.807, 2.05) is 6.92 Å². The molecule has 206 valence electrons. The van der Waals surface area contributed by atoms with Crippen LogP contribution in [0, 0.1) is 0 Å². The Morgan fingerprint density at radius 3 is 2.36 bits per heavy atom. The minimum Gasteiger partial charge on any atom is -0.497 e. The SMILES string of the molecule is CCOC(=O)CNC(=O)[C@@H](c1ccc(OCC)cc1)N(C(=O)c1snc(C(N)=O)c1N)c1cccc(OC)c1. The molecule has 0 aliphatic heterocycles. The fourth-order valence-electron chi connectivity index (χ4n) is 3.68. The van der Waals surface area contributed by atoms with Crippen molar-refractivity contribution in [3.8, 4) is 11.5 Å². The molecule has 5 N–H and O–H groups in total. The number of hydrogen-bond acceptors (Lipinski definition) is 10. The number of carbonyl (C=O) groups excluding carboxylic acids is 4. The van der Waals surface area contributed by atoms with E-state index in [2.05, 4.69) is 9.69 Å². The van der Waals surface area contributed by atoms with Crippen LogP contribution in [-0.4, -0.2) is 54.9 Å². The first-order chi connectivity index (χ1) is 18.7. The van der Waals surface area contributed by atoms with Gasteiger partial charge in [0.25, 0.3) is 11.8 Å². The summed E-state index contributed by atoms with van der Waals surface area (Å²) in [5.41, 5.74) is 11.6. The maximum Gasteiger partial charge on any atom is 0.325 e. The van der Waals surface area contributed by atoms with Crippen molar-refractivity contribution in [1.82, 2.24) is 9.69 Å². The molecule has 1 atom stereocenters. The monoisotopic (exact) mass is 555 g/mol. The highest BCUT2D eigenvalue weighted by molar-refractivity contribution is 7.09. The molecule has 0 bridgehead atoms. The van der Waals surface area contributed by atoms with E-state index in [-0.39, 0.29) is 28.6 Å². The zero-order valence-electron chi connectivity index (χ0n) is 21.6. The predicted octanol–water partition coefficient (Wildman–Crippen LogP) is 2.30. The summed E-state index contributed by atoms with van der Waals surface area (Å²) in [7, 11) is 1.46. The molecular weight excluding hydrogens is 526 g/mol. The molecule has 0 fully saturated rings. The number of nitrogens with one attached hydrogen (secondary N) is 1. The number of nitrogens with two attached hydrogens (primary N) is 2. The lowest BCUT2D eigenvalue weighted by Gasteiger charge is -2.31. The van der Waals surface area contributed by atoms with Crippen molar-refractivity contribution < 1.29 is 33.4 Å². The first kappa shape index (κ1) is 28.9. The number of esters is 1. The van der Waals surface area contributed by atoms with Gasteiger partial charge in [-0.05, 0) is 55.2 Å². The Balaban J connectivity index is 2.18. The van der Waals surface area contributed by atoms with Crippen LogP contribution < -0.4 is 31.2 Å². The van der Waals surface area contributed by atoms with Crippen molar-refractivity contribution in [2.45, 2.75) is 19.9 Å². The number of benzene rings is 2. The van der Waals surface area contributed by atoms with Gasteiger partial charge < -0.3 is 31.0 Å². The Hall–Kier alpha value is -4.65. The fraction of sp³-hybridized carbons (Fsp3) is 0.269. The topological polar surface area (TPSA) is 176 Å². The first-order valence-electron chi connectivity index (χ1n) is 11.9. The smallest absolute Gasteiger partial charge is 0.325 e. The largest absolute Gasteiger partial charge is 0.497 e. The summed E-state index contributed by atoms with van der Waals surface area (Å²) in [5.74, 6) is -1.97. The van der Waals surface area contributed by atoms with Gasteiger partial charge in [-0.3, -0.25) is 24.1 Å². The summed E-state index contributed by atoms with van der Waals surface area (Å²) in [5, 5.41) is 2.54. The van der Waals surface area contributed by atoms with Gasteiger partial charge >= 0.3 is 5.97 Å². The van der Waals surface area contributed by atoms with E-state index in [0.717, 1.165) is 0 Å². The third-order valence-corrected chi connectivity index (χ3v) is 6.28. The van der Waals surface area contributed by atoms with Crippen molar-refractivity contribution in [1.29, 1.82) is 0 Å². The van der Waals surface area contributed by atoms with Crippen LogP contribution in [0.2, 0.25) is 0 Å². The average molecular weight is 556 g/mol. The van der Waals surface area contributed by atoms with Gasteiger partial charge in [0.15, 0.2) is 5.69 Å². The number of ether oxygens (including phenoxy) is 3. The van der Waals surface area contributed by atoms with E-state index < -0.39 is 36.3 Å². The Morgan fingerprint density at radius 1 is 1.05 bits per heavy atom. The Kier molecular flexibility index (Phi) is 9.81. The Labute approximate surface area is 229 Å². The Bertz CT molecular complexity index is 1340. The maximum atomic E-state index is 14.1. The standard InChI is InChI=1S/C26H29N5O7S/c1-4-37-17-11-9-15(10-12-17)22(25(34)29-14-19(32)38-5-2)31(16-7-6-8-18(13-16)36-3)26(35)23-20(27)21(24(28)33)30-39-23/h6-13,22H,4-5,14,27H2,1-3H3,(H2,28,33)(H,29,34)/t22-/m1/s1. The molecule has 0 unspecified atom stereocenters. The van der Waals surface area contributed by atoms with E-state index in [4.69, 9.17) is 25.7 Å². The quantitative estimate of drug-likeness (QED) is 0.283. The summed E-state index contributed by atoms with van der Waals surface area (Å²) >= 11 is 0.680. The molecule has 0 aliphatic rings. The molecule has 1 aromatic heterocycles. The number of carbonyl (C=O) groups is 4.